The normalized spacial score (nSPS) is 24.5. The third-order valence-corrected chi connectivity index (χ3v) is 10.0. The molecular weight excluding hydrogens is 562 g/mol. The lowest BCUT2D eigenvalue weighted by molar-refractivity contribution is -0.144. The van der Waals surface area contributed by atoms with E-state index in [0.29, 0.717) is 50.5 Å². The summed E-state index contributed by atoms with van der Waals surface area (Å²) in [4.78, 5) is 30.2. The number of rotatable bonds is 5. The number of aryl methyl sites for hydroxylation is 1. The summed E-state index contributed by atoms with van der Waals surface area (Å²) >= 11 is 3.54. The second-order valence-corrected chi connectivity index (χ2v) is 12.8. The van der Waals surface area contributed by atoms with E-state index in [9.17, 15) is 18.0 Å². The number of likely N-dealkylation sites (tertiary alicyclic amines) is 2. The Morgan fingerprint density at radius 2 is 1.64 bits per heavy atom. The molecule has 3 saturated heterocycles. The first-order valence-electron chi connectivity index (χ1n) is 12.1. The fourth-order valence-electron chi connectivity index (χ4n) is 5.68. The van der Waals surface area contributed by atoms with E-state index < -0.39 is 16.1 Å². The van der Waals surface area contributed by atoms with E-state index in [1.807, 2.05) is 48.2 Å². The Hall–Kier alpha value is -1.88. The Kier molecular flexibility index (Phi) is 8.19. The largest absolute Gasteiger partial charge is 0.340 e. The minimum atomic E-state index is -3.56. The van der Waals surface area contributed by atoms with Crippen molar-refractivity contribution in [2.24, 2.45) is 11.8 Å². The van der Waals surface area contributed by atoms with Crippen molar-refractivity contribution in [1.82, 2.24) is 14.1 Å². The molecule has 2 unspecified atom stereocenters. The van der Waals surface area contributed by atoms with Crippen LogP contribution in [0.25, 0.3) is 0 Å². The van der Waals surface area contributed by atoms with Crippen molar-refractivity contribution in [1.29, 1.82) is 0 Å². The molecular formula is C26H32BrN3O4S2. The number of amides is 2. The zero-order valence-electron chi connectivity index (χ0n) is 20.3. The van der Waals surface area contributed by atoms with E-state index in [0.717, 1.165) is 22.0 Å². The maximum atomic E-state index is 13.6. The van der Waals surface area contributed by atoms with Crippen molar-refractivity contribution in [2.75, 3.05) is 26.2 Å². The number of carbonyl (C=O) groups is 2. The number of piperidine rings is 2. The van der Waals surface area contributed by atoms with Gasteiger partial charge < -0.3 is 9.80 Å². The molecule has 0 aromatic heterocycles. The van der Waals surface area contributed by atoms with Gasteiger partial charge in [0.05, 0.1) is 4.90 Å². The van der Waals surface area contributed by atoms with E-state index >= 15 is 0 Å². The van der Waals surface area contributed by atoms with Crippen LogP contribution in [0, 0.1) is 18.8 Å². The van der Waals surface area contributed by atoms with Gasteiger partial charge in [0.2, 0.25) is 21.8 Å². The van der Waals surface area contributed by atoms with Gasteiger partial charge in [0, 0.05) is 43.6 Å². The highest BCUT2D eigenvalue weighted by Gasteiger charge is 2.44. The zero-order valence-corrected chi connectivity index (χ0v) is 23.7. The van der Waals surface area contributed by atoms with Gasteiger partial charge in [-0.15, -0.1) is 0 Å². The van der Waals surface area contributed by atoms with Gasteiger partial charge in [0.15, 0.2) is 0 Å². The Morgan fingerprint density at radius 3 is 2.28 bits per heavy atom. The van der Waals surface area contributed by atoms with Crippen molar-refractivity contribution in [3.05, 3.63) is 64.1 Å². The van der Waals surface area contributed by atoms with E-state index in [4.69, 9.17) is 0 Å². The minimum Gasteiger partial charge on any atom is -0.340 e. The summed E-state index contributed by atoms with van der Waals surface area (Å²) in [6, 6.07) is 14.3. The summed E-state index contributed by atoms with van der Waals surface area (Å²) < 4.78 is 29.0. The summed E-state index contributed by atoms with van der Waals surface area (Å²) in [6.07, 6.45) is 1.83. The molecule has 5 rings (SSSR count). The molecule has 3 atom stereocenters. The average Bonchev–Trinajstić information content (AvgIpc) is 3.19. The molecule has 3 heterocycles. The lowest BCUT2D eigenvalue weighted by Crippen LogP contribution is -2.57. The highest BCUT2D eigenvalue weighted by atomic mass is 79.9. The van der Waals surface area contributed by atoms with E-state index in [1.165, 1.54) is 0 Å². The van der Waals surface area contributed by atoms with Crippen LogP contribution in [0.2, 0.25) is 0 Å². The fraction of sp³-hybridized carbons (Fsp3) is 0.462. The molecule has 0 aliphatic carbocycles. The van der Waals surface area contributed by atoms with E-state index in [-0.39, 0.29) is 37.1 Å². The standard InChI is InChI=1S/C26H30BrN3O4S.H2S/c1-18-6-8-22(9-7-18)35(33,34)29-15-19-12-20(16-29)14-28(13-19)26(32)24-10-11-25(31)30(24)17-21-4-2-3-5-23(21)27;/h2-9,19-20,24H,10-17H2,1H3;1H2/t19?,20?,24-;/m0./s1. The molecule has 0 spiro atoms. The first-order chi connectivity index (χ1) is 16.7. The molecule has 10 heteroatoms. The molecule has 7 nitrogen and oxygen atoms in total. The SMILES string of the molecule is Cc1ccc(S(=O)(=O)N2CC3CC(CN(C(=O)[C@@H]4CCC(=O)N4Cc4ccccc4Br)C3)C2)cc1.S. The predicted molar refractivity (Wildman–Crippen MR) is 146 cm³/mol. The second kappa shape index (κ2) is 10.8. The Labute approximate surface area is 228 Å². The van der Waals surface area contributed by atoms with Crippen LogP contribution >= 0.6 is 29.4 Å². The quantitative estimate of drug-likeness (QED) is 0.531. The van der Waals surface area contributed by atoms with Crippen molar-refractivity contribution in [3.63, 3.8) is 0 Å². The summed E-state index contributed by atoms with van der Waals surface area (Å²) in [7, 11) is -3.56. The Morgan fingerprint density at radius 1 is 1.00 bits per heavy atom. The molecule has 2 aromatic rings. The molecule has 3 aliphatic rings. The molecule has 0 N–H and O–H groups in total. The molecule has 2 bridgehead atoms. The highest BCUT2D eigenvalue weighted by Crippen LogP contribution is 2.34. The van der Waals surface area contributed by atoms with Crippen LogP contribution in [0.15, 0.2) is 57.9 Å². The number of nitrogens with zero attached hydrogens (tertiary/aromatic N) is 3. The van der Waals surface area contributed by atoms with Gasteiger partial charge in [-0.05, 0) is 55.4 Å². The second-order valence-electron chi connectivity index (χ2n) is 10.0. The van der Waals surface area contributed by atoms with Crippen LogP contribution in [0.5, 0.6) is 0 Å². The number of hydrogen-bond acceptors (Lipinski definition) is 4. The van der Waals surface area contributed by atoms with Gasteiger partial charge >= 0.3 is 0 Å². The van der Waals surface area contributed by atoms with Crippen molar-refractivity contribution >= 4 is 51.3 Å². The number of sulfonamides is 1. The van der Waals surface area contributed by atoms with Crippen LogP contribution in [0.4, 0.5) is 0 Å². The van der Waals surface area contributed by atoms with Gasteiger partial charge in [-0.2, -0.15) is 17.8 Å². The Balaban J connectivity index is 0.00000304. The first kappa shape index (κ1) is 27.2. The number of halogens is 1. The number of hydrogen-bond donors (Lipinski definition) is 0. The minimum absolute atomic E-state index is 0. The van der Waals surface area contributed by atoms with Gasteiger partial charge in [-0.3, -0.25) is 9.59 Å². The zero-order chi connectivity index (χ0) is 24.7. The van der Waals surface area contributed by atoms with E-state index in [2.05, 4.69) is 15.9 Å². The molecule has 2 amide bonds. The van der Waals surface area contributed by atoms with Crippen LogP contribution in [0.1, 0.15) is 30.4 Å². The summed E-state index contributed by atoms with van der Waals surface area (Å²) in [5, 5.41) is 0. The van der Waals surface area contributed by atoms with Crippen LogP contribution < -0.4 is 0 Å². The van der Waals surface area contributed by atoms with Gasteiger partial charge in [0.25, 0.3) is 0 Å². The molecule has 36 heavy (non-hydrogen) atoms. The van der Waals surface area contributed by atoms with Crippen molar-refractivity contribution in [2.45, 2.75) is 43.7 Å². The predicted octanol–water partition coefficient (Wildman–Crippen LogP) is 3.53. The monoisotopic (exact) mass is 593 g/mol. The molecule has 3 fully saturated rings. The summed E-state index contributed by atoms with van der Waals surface area (Å²) in [5.41, 5.74) is 2.00. The lowest BCUT2D eigenvalue weighted by Gasteiger charge is -2.46. The summed E-state index contributed by atoms with van der Waals surface area (Å²) in [5.74, 6) is 0.195. The van der Waals surface area contributed by atoms with Gasteiger partial charge in [-0.1, -0.05) is 51.8 Å². The maximum Gasteiger partial charge on any atom is 0.245 e. The summed E-state index contributed by atoms with van der Waals surface area (Å²) in [6.45, 7) is 4.23. The highest BCUT2D eigenvalue weighted by molar-refractivity contribution is 9.10. The number of fused-ring (bicyclic) bond motifs is 2. The van der Waals surface area contributed by atoms with Gasteiger partial charge in [-0.25, -0.2) is 8.42 Å². The number of carbonyl (C=O) groups excluding carboxylic acids is 2. The van der Waals surface area contributed by atoms with Gasteiger partial charge in [0.1, 0.15) is 6.04 Å². The van der Waals surface area contributed by atoms with Crippen LogP contribution in [0.3, 0.4) is 0 Å². The lowest BCUT2D eigenvalue weighted by atomic mass is 9.85. The number of benzene rings is 2. The first-order valence-corrected chi connectivity index (χ1v) is 14.3. The third kappa shape index (κ3) is 5.37. The maximum absolute atomic E-state index is 13.6. The molecule has 194 valence electrons. The fourth-order valence-corrected chi connectivity index (χ4v) is 7.68. The van der Waals surface area contributed by atoms with Crippen molar-refractivity contribution in [3.8, 4) is 0 Å². The molecule has 3 aliphatic heterocycles. The Bertz CT molecular complexity index is 1220. The van der Waals surface area contributed by atoms with Crippen LogP contribution in [-0.4, -0.2) is 66.6 Å². The molecule has 0 radical (unpaired) electrons. The molecule has 2 aromatic carbocycles. The smallest absolute Gasteiger partial charge is 0.245 e. The topological polar surface area (TPSA) is 78.0 Å². The molecule has 0 saturated carbocycles. The third-order valence-electron chi connectivity index (χ3n) is 7.43. The average molecular weight is 595 g/mol. The van der Waals surface area contributed by atoms with E-state index in [1.54, 1.807) is 21.3 Å². The van der Waals surface area contributed by atoms with Crippen molar-refractivity contribution < 1.29 is 18.0 Å². The van der Waals surface area contributed by atoms with Crippen LogP contribution in [-0.2, 0) is 26.2 Å².